The number of aryl methyl sites for hydroxylation is 1. The van der Waals surface area contributed by atoms with E-state index in [0.717, 1.165) is 18.1 Å². The zero-order valence-electron chi connectivity index (χ0n) is 17.5. The molecule has 0 fully saturated rings. The van der Waals surface area contributed by atoms with Crippen molar-refractivity contribution < 1.29 is 22.3 Å². The van der Waals surface area contributed by atoms with Crippen molar-refractivity contribution in [2.45, 2.75) is 23.1 Å². The maximum Gasteiger partial charge on any atom is 0.208 e. The number of carbonyl (C=O) groups excluding carboxylic acids is 1. The summed E-state index contributed by atoms with van der Waals surface area (Å²) >= 11 is 0. The molecule has 0 N–H and O–H groups in total. The summed E-state index contributed by atoms with van der Waals surface area (Å²) in [7, 11) is -2.71. The van der Waals surface area contributed by atoms with E-state index in [-0.39, 0.29) is 26.3 Å². The minimum absolute atomic E-state index is 0.0366. The molecule has 3 aromatic carbocycles. The highest BCUT2D eigenvalue weighted by Gasteiger charge is 2.28. The summed E-state index contributed by atoms with van der Waals surface area (Å²) in [5.74, 6) is -0.636. The molecule has 0 bridgehead atoms. The normalized spacial score (nSPS) is 11.5. The number of ether oxygens (including phenoxy) is 1. The standard InChI is InChI=1S/C25H20FNO4S/c1-3-16-4-6-17(7-5-16)24(28)22-15-27-23-13-8-18(26)14-21(23)25(22)32(29,30)20-11-9-19(31-2)10-12-20/h4-15H,3H2,1-2H3. The topological polar surface area (TPSA) is 73.3 Å². The van der Waals surface area contributed by atoms with Crippen molar-refractivity contribution in [1.29, 1.82) is 0 Å². The van der Waals surface area contributed by atoms with E-state index in [1.807, 2.05) is 19.1 Å². The lowest BCUT2D eigenvalue weighted by atomic mass is 10.0. The Labute approximate surface area is 185 Å². The number of rotatable bonds is 6. The van der Waals surface area contributed by atoms with Gasteiger partial charge in [0.05, 0.1) is 28.0 Å². The molecule has 0 aliphatic heterocycles. The molecule has 0 amide bonds. The summed E-state index contributed by atoms with van der Waals surface area (Å²) < 4.78 is 46.6. The van der Waals surface area contributed by atoms with Crippen LogP contribution >= 0.6 is 0 Å². The molecule has 0 aliphatic rings. The zero-order chi connectivity index (χ0) is 22.9. The number of sulfone groups is 1. The van der Waals surface area contributed by atoms with Crippen molar-refractivity contribution in [3.8, 4) is 5.75 Å². The van der Waals surface area contributed by atoms with Crippen LogP contribution in [0.2, 0.25) is 0 Å². The van der Waals surface area contributed by atoms with Crippen LogP contribution in [0, 0.1) is 5.82 Å². The minimum atomic E-state index is -4.19. The first-order valence-electron chi connectivity index (χ1n) is 9.96. The predicted molar refractivity (Wildman–Crippen MR) is 119 cm³/mol. The van der Waals surface area contributed by atoms with Crippen LogP contribution in [0.5, 0.6) is 5.75 Å². The van der Waals surface area contributed by atoms with Crippen LogP contribution in [0.3, 0.4) is 0 Å². The van der Waals surface area contributed by atoms with Crippen molar-refractivity contribution >= 4 is 26.5 Å². The number of carbonyl (C=O) groups is 1. The van der Waals surface area contributed by atoms with Gasteiger partial charge in [-0.05, 0) is 54.4 Å². The molecule has 32 heavy (non-hydrogen) atoms. The molecule has 4 rings (SSSR count). The third-order valence-corrected chi connectivity index (χ3v) is 7.16. The lowest BCUT2D eigenvalue weighted by Gasteiger charge is -2.14. The van der Waals surface area contributed by atoms with E-state index in [1.54, 1.807) is 12.1 Å². The molecule has 4 aromatic rings. The Balaban J connectivity index is 1.97. The number of fused-ring (bicyclic) bond motifs is 1. The van der Waals surface area contributed by atoms with Crippen LogP contribution in [0.1, 0.15) is 28.4 Å². The van der Waals surface area contributed by atoms with Gasteiger partial charge >= 0.3 is 0 Å². The minimum Gasteiger partial charge on any atom is -0.497 e. The molecule has 0 aliphatic carbocycles. The average molecular weight is 450 g/mol. The van der Waals surface area contributed by atoms with Gasteiger partial charge in [0.2, 0.25) is 9.84 Å². The van der Waals surface area contributed by atoms with Gasteiger partial charge in [0.15, 0.2) is 5.78 Å². The van der Waals surface area contributed by atoms with Crippen LogP contribution in [0.4, 0.5) is 4.39 Å². The first-order valence-corrected chi connectivity index (χ1v) is 11.4. The summed E-state index contributed by atoms with van der Waals surface area (Å²) in [5.41, 5.74) is 1.54. The quantitative estimate of drug-likeness (QED) is 0.387. The average Bonchev–Trinajstić information content (AvgIpc) is 2.82. The fourth-order valence-electron chi connectivity index (χ4n) is 3.51. The molecule has 7 heteroatoms. The second-order valence-corrected chi connectivity index (χ2v) is 9.11. The molecular weight excluding hydrogens is 429 g/mol. The molecule has 162 valence electrons. The van der Waals surface area contributed by atoms with Crippen LogP contribution in [-0.2, 0) is 16.3 Å². The molecule has 0 spiro atoms. The highest BCUT2D eigenvalue weighted by molar-refractivity contribution is 7.91. The number of hydrogen-bond donors (Lipinski definition) is 0. The van der Waals surface area contributed by atoms with Gasteiger partial charge in [0.1, 0.15) is 11.6 Å². The van der Waals surface area contributed by atoms with Crippen LogP contribution < -0.4 is 4.74 Å². The Morgan fingerprint density at radius 2 is 1.69 bits per heavy atom. The molecule has 0 unspecified atom stereocenters. The third-order valence-electron chi connectivity index (χ3n) is 5.29. The summed E-state index contributed by atoms with van der Waals surface area (Å²) in [6.07, 6.45) is 2.05. The fraction of sp³-hybridized carbons (Fsp3) is 0.120. The molecule has 0 saturated heterocycles. The van der Waals surface area contributed by atoms with Crippen molar-refractivity contribution in [2.75, 3.05) is 7.11 Å². The van der Waals surface area contributed by atoms with E-state index in [9.17, 15) is 17.6 Å². The molecular formula is C25H20FNO4S. The Morgan fingerprint density at radius 1 is 1.00 bits per heavy atom. The number of aromatic nitrogens is 1. The molecule has 0 saturated carbocycles. The van der Waals surface area contributed by atoms with Crippen molar-refractivity contribution in [3.63, 3.8) is 0 Å². The SMILES string of the molecule is CCc1ccc(C(=O)c2cnc3ccc(F)cc3c2S(=O)(=O)c2ccc(OC)cc2)cc1. The highest BCUT2D eigenvalue weighted by atomic mass is 32.2. The van der Waals surface area contributed by atoms with Crippen molar-refractivity contribution in [3.05, 3.63) is 95.4 Å². The number of halogens is 1. The number of hydrogen-bond acceptors (Lipinski definition) is 5. The summed E-state index contributed by atoms with van der Waals surface area (Å²) in [5, 5.41) is 0.0526. The maximum absolute atomic E-state index is 14.1. The lowest BCUT2D eigenvalue weighted by Crippen LogP contribution is -2.13. The van der Waals surface area contributed by atoms with Gasteiger partial charge in [0, 0.05) is 17.1 Å². The predicted octanol–water partition coefficient (Wildman–Crippen LogP) is 5.01. The van der Waals surface area contributed by atoms with Crippen molar-refractivity contribution in [1.82, 2.24) is 4.98 Å². The van der Waals surface area contributed by atoms with Gasteiger partial charge in [-0.1, -0.05) is 31.2 Å². The van der Waals surface area contributed by atoms with E-state index < -0.39 is 21.4 Å². The van der Waals surface area contributed by atoms with Gasteiger partial charge < -0.3 is 4.74 Å². The number of methoxy groups -OCH3 is 1. The number of ketones is 1. The first-order chi connectivity index (χ1) is 15.3. The Morgan fingerprint density at radius 3 is 2.31 bits per heavy atom. The molecule has 5 nitrogen and oxygen atoms in total. The van der Waals surface area contributed by atoms with E-state index in [1.165, 1.54) is 49.7 Å². The zero-order valence-corrected chi connectivity index (χ0v) is 18.3. The second kappa shape index (κ2) is 8.51. The lowest BCUT2D eigenvalue weighted by molar-refractivity contribution is 0.103. The van der Waals surface area contributed by atoms with Crippen LogP contribution in [-0.4, -0.2) is 26.3 Å². The second-order valence-electron chi connectivity index (χ2n) is 7.22. The number of benzene rings is 3. The molecule has 1 heterocycles. The van der Waals surface area contributed by atoms with Crippen LogP contribution in [0.25, 0.3) is 10.9 Å². The largest absolute Gasteiger partial charge is 0.497 e. The van der Waals surface area contributed by atoms with Gasteiger partial charge in [-0.25, -0.2) is 12.8 Å². The van der Waals surface area contributed by atoms with E-state index in [2.05, 4.69) is 4.98 Å². The highest BCUT2D eigenvalue weighted by Crippen LogP contribution is 2.33. The van der Waals surface area contributed by atoms with E-state index in [0.29, 0.717) is 11.3 Å². The molecule has 0 atom stereocenters. The molecule has 0 radical (unpaired) electrons. The van der Waals surface area contributed by atoms with E-state index >= 15 is 0 Å². The third kappa shape index (κ3) is 3.87. The Hall–Kier alpha value is -3.58. The van der Waals surface area contributed by atoms with Gasteiger partial charge in [-0.3, -0.25) is 9.78 Å². The smallest absolute Gasteiger partial charge is 0.208 e. The first kappa shape index (κ1) is 21.6. The van der Waals surface area contributed by atoms with Gasteiger partial charge in [-0.2, -0.15) is 0 Å². The number of nitrogens with zero attached hydrogens (tertiary/aromatic N) is 1. The van der Waals surface area contributed by atoms with Crippen LogP contribution in [0.15, 0.2) is 82.7 Å². The van der Waals surface area contributed by atoms with Crippen molar-refractivity contribution in [2.24, 2.45) is 0 Å². The summed E-state index contributed by atoms with van der Waals surface area (Å²) in [6.45, 7) is 2.00. The Bertz CT molecular complexity index is 1410. The molecule has 1 aromatic heterocycles. The van der Waals surface area contributed by atoms with E-state index in [4.69, 9.17) is 4.74 Å². The summed E-state index contributed by atoms with van der Waals surface area (Å²) in [6, 6.07) is 16.4. The maximum atomic E-state index is 14.1. The van der Waals surface area contributed by atoms with Gasteiger partial charge in [-0.15, -0.1) is 0 Å². The monoisotopic (exact) mass is 449 g/mol. The summed E-state index contributed by atoms with van der Waals surface area (Å²) in [4.78, 5) is 17.3. The fourth-order valence-corrected chi connectivity index (χ4v) is 5.13. The Kier molecular flexibility index (Phi) is 5.76. The number of pyridine rings is 1. The van der Waals surface area contributed by atoms with Gasteiger partial charge in [0.25, 0.3) is 0 Å².